The molecule has 128 valence electrons. The summed E-state index contributed by atoms with van der Waals surface area (Å²) >= 11 is 0. The zero-order chi connectivity index (χ0) is 18.3. The molecule has 4 nitrogen and oxygen atoms in total. The van der Waals surface area contributed by atoms with Crippen LogP contribution in [0.5, 0.6) is 0 Å². The van der Waals surface area contributed by atoms with Crippen LogP contribution in [0.1, 0.15) is 5.56 Å². The van der Waals surface area contributed by atoms with E-state index in [1.54, 1.807) is 0 Å². The van der Waals surface area contributed by atoms with Gasteiger partial charge in [-0.15, -0.1) is 0 Å². The molecule has 0 aliphatic carbocycles. The van der Waals surface area contributed by atoms with Gasteiger partial charge in [0, 0.05) is 23.4 Å². The molecule has 1 aliphatic rings. The molecule has 25 heavy (non-hydrogen) atoms. The SMILES string of the molecule is Cc1c(F)cc(NC2=CC(=O)N(c3cc(F)cc(F)c3)C2=O)cc1F. The molecule has 1 N–H and O–H groups in total. The van der Waals surface area contributed by atoms with E-state index in [-0.39, 0.29) is 22.6 Å². The van der Waals surface area contributed by atoms with Crippen molar-refractivity contribution in [2.75, 3.05) is 10.2 Å². The number of anilines is 2. The summed E-state index contributed by atoms with van der Waals surface area (Å²) in [7, 11) is 0. The minimum atomic E-state index is -0.959. The van der Waals surface area contributed by atoms with Gasteiger partial charge in [-0.2, -0.15) is 0 Å². The van der Waals surface area contributed by atoms with E-state index in [0.29, 0.717) is 11.0 Å². The number of nitrogens with one attached hydrogen (secondary N) is 1. The predicted molar refractivity (Wildman–Crippen MR) is 81.7 cm³/mol. The Kier molecular flexibility index (Phi) is 4.03. The van der Waals surface area contributed by atoms with Crippen molar-refractivity contribution in [3.05, 3.63) is 70.9 Å². The monoisotopic (exact) mass is 350 g/mol. The van der Waals surface area contributed by atoms with E-state index in [1.807, 2.05) is 0 Å². The maximum atomic E-state index is 13.6. The number of carbonyl (C=O) groups is 2. The molecule has 0 unspecified atom stereocenters. The van der Waals surface area contributed by atoms with E-state index in [2.05, 4.69) is 5.32 Å². The summed E-state index contributed by atoms with van der Waals surface area (Å²) in [5.41, 5.74) is -0.843. The maximum absolute atomic E-state index is 13.6. The van der Waals surface area contributed by atoms with Crippen LogP contribution < -0.4 is 10.2 Å². The summed E-state index contributed by atoms with van der Waals surface area (Å²) in [6.07, 6.45) is 0.876. The van der Waals surface area contributed by atoms with Gasteiger partial charge in [0.25, 0.3) is 11.8 Å². The Morgan fingerprint density at radius 3 is 2.00 bits per heavy atom. The Hall–Kier alpha value is -3.16. The molecule has 0 atom stereocenters. The first-order valence-electron chi connectivity index (χ1n) is 7.05. The molecule has 0 fully saturated rings. The number of halogens is 4. The zero-order valence-corrected chi connectivity index (χ0v) is 12.7. The number of carbonyl (C=O) groups excluding carboxylic acids is 2. The van der Waals surface area contributed by atoms with Crippen LogP contribution in [-0.2, 0) is 9.59 Å². The highest BCUT2D eigenvalue weighted by Gasteiger charge is 2.33. The van der Waals surface area contributed by atoms with Crippen molar-refractivity contribution in [1.82, 2.24) is 0 Å². The minimum absolute atomic E-state index is 0.0831. The van der Waals surface area contributed by atoms with Gasteiger partial charge >= 0.3 is 0 Å². The molecule has 1 aliphatic heterocycles. The fourth-order valence-electron chi connectivity index (χ4n) is 2.35. The van der Waals surface area contributed by atoms with E-state index < -0.39 is 35.1 Å². The second-order valence-electron chi connectivity index (χ2n) is 5.35. The average Bonchev–Trinajstić information content (AvgIpc) is 2.78. The third-order valence-electron chi connectivity index (χ3n) is 3.59. The van der Waals surface area contributed by atoms with Gasteiger partial charge in [0.05, 0.1) is 5.69 Å². The lowest BCUT2D eigenvalue weighted by Crippen LogP contribution is -2.32. The van der Waals surface area contributed by atoms with E-state index in [4.69, 9.17) is 0 Å². The van der Waals surface area contributed by atoms with Crippen molar-refractivity contribution in [2.45, 2.75) is 6.92 Å². The van der Waals surface area contributed by atoms with E-state index in [1.165, 1.54) is 6.92 Å². The van der Waals surface area contributed by atoms with Crippen molar-refractivity contribution in [3.63, 3.8) is 0 Å². The fourth-order valence-corrected chi connectivity index (χ4v) is 2.35. The number of benzene rings is 2. The van der Waals surface area contributed by atoms with Crippen LogP contribution in [0.15, 0.2) is 42.1 Å². The van der Waals surface area contributed by atoms with Gasteiger partial charge in [0.1, 0.15) is 29.0 Å². The van der Waals surface area contributed by atoms with Crippen LogP contribution in [0.25, 0.3) is 0 Å². The fraction of sp³-hybridized carbons (Fsp3) is 0.0588. The highest BCUT2D eigenvalue weighted by atomic mass is 19.1. The topological polar surface area (TPSA) is 49.4 Å². The highest BCUT2D eigenvalue weighted by molar-refractivity contribution is 6.31. The van der Waals surface area contributed by atoms with Gasteiger partial charge < -0.3 is 5.32 Å². The molecule has 8 heteroatoms. The molecule has 2 aromatic rings. The van der Waals surface area contributed by atoms with Crippen LogP contribution in [0.4, 0.5) is 28.9 Å². The molecule has 3 rings (SSSR count). The van der Waals surface area contributed by atoms with Gasteiger partial charge in [0.15, 0.2) is 0 Å². The molecule has 2 amide bonds. The third kappa shape index (κ3) is 3.10. The second-order valence-corrected chi connectivity index (χ2v) is 5.35. The Balaban J connectivity index is 1.89. The largest absolute Gasteiger partial charge is 0.351 e. The van der Waals surface area contributed by atoms with Gasteiger partial charge in [-0.3, -0.25) is 9.59 Å². The zero-order valence-electron chi connectivity index (χ0n) is 12.7. The first-order valence-corrected chi connectivity index (χ1v) is 7.05. The number of amides is 2. The summed E-state index contributed by atoms with van der Waals surface area (Å²) < 4.78 is 53.7. The predicted octanol–water partition coefficient (Wildman–Crippen LogP) is 3.42. The number of nitrogens with zero attached hydrogens (tertiary/aromatic N) is 1. The lowest BCUT2D eigenvalue weighted by atomic mass is 10.2. The Bertz CT molecular complexity index is 897. The number of rotatable bonds is 3. The molecule has 0 saturated heterocycles. The van der Waals surface area contributed by atoms with Crippen molar-refractivity contribution in [3.8, 4) is 0 Å². The smallest absolute Gasteiger partial charge is 0.281 e. The number of imide groups is 1. The summed E-state index contributed by atoms with van der Waals surface area (Å²) in [5.74, 6) is -5.32. The van der Waals surface area contributed by atoms with E-state index in [0.717, 1.165) is 30.3 Å². The first kappa shape index (κ1) is 16.7. The van der Waals surface area contributed by atoms with Gasteiger partial charge in [0.2, 0.25) is 0 Å². The number of hydrogen-bond acceptors (Lipinski definition) is 3. The minimum Gasteiger partial charge on any atom is -0.351 e. The van der Waals surface area contributed by atoms with Crippen LogP contribution in [0.3, 0.4) is 0 Å². The highest BCUT2D eigenvalue weighted by Crippen LogP contribution is 2.26. The molecule has 0 saturated carbocycles. The van der Waals surface area contributed by atoms with Crippen molar-refractivity contribution in [1.29, 1.82) is 0 Å². The molecular formula is C17H10F4N2O2. The van der Waals surface area contributed by atoms with Crippen LogP contribution in [-0.4, -0.2) is 11.8 Å². The maximum Gasteiger partial charge on any atom is 0.281 e. The summed E-state index contributed by atoms with van der Waals surface area (Å²) in [6.45, 7) is 1.25. The van der Waals surface area contributed by atoms with E-state index >= 15 is 0 Å². The Labute approximate surface area is 139 Å². The second kappa shape index (κ2) is 6.04. The van der Waals surface area contributed by atoms with Gasteiger partial charge in [-0.1, -0.05) is 0 Å². The van der Waals surface area contributed by atoms with Crippen LogP contribution in [0, 0.1) is 30.2 Å². The summed E-state index contributed by atoms with van der Waals surface area (Å²) in [5, 5.41) is 2.44. The lowest BCUT2D eigenvalue weighted by molar-refractivity contribution is -0.120. The summed E-state index contributed by atoms with van der Waals surface area (Å²) in [4.78, 5) is 24.9. The molecule has 0 spiro atoms. The van der Waals surface area contributed by atoms with Gasteiger partial charge in [-0.25, -0.2) is 22.5 Å². The van der Waals surface area contributed by atoms with Crippen LogP contribution >= 0.6 is 0 Å². The molecular weight excluding hydrogens is 340 g/mol. The molecule has 0 radical (unpaired) electrons. The van der Waals surface area contributed by atoms with Crippen LogP contribution in [0.2, 0.25) is 0 Å². The Morgan fingerprint density at radius 1 is 0.880 bits per heavy atom. The molecule has 1 heterocycles. The quantitative estimate of drug-likeness (QED) is 0.682. The third-order valence-corrected chi connectivity index (χ3v) is 3.59. The Morgan fingerprint density at radius 2 is 1.44 bits per heavy atom. The summed E-state index contributed by atoms with van der Waals surface area (Å²) in [6, 6.07) is 4.16. The average molecular weight is 350 g/mol. The standard InChI is InChI=1S/C17H10F4N2O2/c1-8-13(20)5-11(6-14(8)21)22-15-7-16(24)23(17(15)25)12-3-9(18)2-10(19)4-12/h2-7,22H,1H3. The molecule has 0 aromatic heterocycles. The first-order chi connectivity index (χ1) is 11.8. The van der Waals surface area contributed by atoms with Crippen molar-refractivity contribution in [2.24, 2.45) is 0 Å². The molecule has 0 bridgehead atoms. The van der Waals surface area contributed by atoms with Crippen molar-refractivity contribution < 1.29 is 27.2 Å². The normalized spacial score (nSPS) is 14.1. The van der Waals surface area contributed by atoms with Gasteiger partial charge in [-0.05, 0) is 31.2 Å². The number of hydrogen-bond donors (Lipinski definition) is 1. The van der Waals surface area contributed by atoms with Crippen molar-refractivity contribution >= 4 is 23.2 Å². The molecule has 2 aromatic carbocycles. The lowest BCUT2D eigenvalue weighted by Gasteiger charge is -2.15. The van der Waals surface area contributed by atoms with E-state index in [9.17, 15) is 27.2 Å².